The van der Waals surface area contributed by atoms with Crippen molar-refractivity contribution >= 4 is 21.6 Å². The number of fused-ring (bicyclic) bond motifs is 1. The molecule has 100 valence electrons. The maximum absolute atomic E-state index is 11.7. The summed E-state index contributed by atoms with van der Waals surface area (Å²) in [5.41, 5.74) is 1.41. The minimum Gasteiger partial charge on any atom is -0.303 e. The minimum absolute atomic E-state index is 0.0525. The lowest BCUT2D eigenvalue weighted by atomic mass is 10.0. The first-order valence-corrected chi connectivity index (χ1v) is 8.04. The van der Waals surface area contributed by atoms with Crippen molar-refractivity contribution in [2.24, 2.45) is 0 Å². The topological polar surface area (TPSA) is 68.5 Å². The Labute approximate surface area is 111 Å². The van der Waals surface area contributed by atoms with Gasteiger partial charge in [0.2, 0.25) is 0 Å². The maximum Gasteiger partial charge on any atom is 0.151 e. The van der Waals surface area contributed by atoms with Gasteiger partial charge in [-0.1, -0.05) is 0 Å². The third-order valence-corrected chi connectivity index (χ3v) is 5.37. The van der Waals surface area contributed by atoms with Gasteiger partial charge in [0.15, 0.2) is 9.84 Å². The van der Waals surface area contributed by atoms with E-state index in [2.05, 4.69) is 4.98 Å². The molecule has 0 radical (unpaired) electrons. The molecule has 0 N–H and O–H groups in total. The summed E-state index contributed by atoms with van der Waals surface area (Å²) < 4.78 is 25.3. The van der Waals surface area contributed by atoms with Crippen LogP contribution in [0, 0.1) is 0 Å². The standard InChI is InChI=1S/C13H14N2O3S/c16-8-10-3-4-15-12(6-10)7-14-13(15)11-2-1-5-19(17,18)9-11/h3-4,6-8,11H,1-2,5,9H2. The van der Waals surface area contributed by atoms with Crippen LogP contribution in [0.15, 0.2) is 24.5 Å². The molecular weight excluding hydrogens is 264 g/mol. The monoisotopic (exact) mass is 278 g/mol. The summed E-state index contributed by atoms with van der Waals surface area (Å²) in [4.78, 5) is 15.1. The Morgan fingerprint density at radius 1 is 1.42 bits per heavy atom. The van der Waals surface area contributed by atoms with Crippen LogP contribution >= 0.6 is 0 Å². The van der Waals surface area contributed by atoms with Crippen molar-refractivity contribution in [2.45, 2.75) is 18.8 Å². The first kappa shape index (κ1) is 12.3. The Hall–Kier alpha value is -1.69. The molecule has 19 heavy (non-hydrogen) atoms. The van der Waals surface area contributed by atoms with Crippen LogP contribution in [-0.2, 0) is 9.84 Å². The van der Waals surface area contributed by atoms with E-state index in [9.17, 15) is 13.2 Å². The van der Waals surface area contributed by atoms with Gasteiger partial charge in [-0.25, -0.2) is 13.4 Å². The summed E-state index contributed by atoms with van der Waals surface area (Å²) in [6, 6.07) is 3.46. The van der Waals surface area contributed by atoms with Crippen LogP contribution in [0.2, 0.25) is 0 Å². The lowest BCUT2D eigenvalue weighted by Gasteiger charge is -2.20. The molecule has 0 bridgehead atoms. The zero-order valence-corrected chi connectivity index (χ0v) is 11.1. The first-order chi connectivity index (χ1) is 9.09. The predicted octanol–water partition coefficient (Wildman–Crippen LogP) is 1.44. The van der Waals surface area contributed by atoms with Crippen molar-refractivity contribution in [1.82, 2.24) is 9.38 Å². The Morgan fingerprint density at radius 2 is 2.26 bits per heavy atom. The van der Waals surface area contributed by atoms with Crippen LogP contribution in [0.25, 0.3) is 5.52 Å². The van der Waals surface area contributed by atoms with Gasteiger partial charge in [-0.05, 0) is 25.0 Å². The Bertz CT molecular complexity index is 733. The number of carbonyl (C=O) groups excluding carboxylic acids is 1. The number of carbonyl (C=O) groups is 1. The highest BCUT2D eigenvalue weighted by Gasteiger charge is 2.28. The minimum atomic E-state index is -2.95. The van der Waals surface area contributed by atoms with Crippen molar-refractivity contribution in [1.29, 1.82) is 0 Å². The quantitative estimate of drug-likeness (QED) is 0.779. The van der Waals surface area contributed by atoms with Gasteiger partial charge in [0.1, 0.15) is 12.1 Å². The van der Waals surface area contributed by atoms with Crippen LogP contribution in [-0.4, -0.2) is 35.6 Å². The van der Waals surface area contributed by atoms with Crippen molar-refractivity contribution in [2.75, 3.05) is 11.5 Å². The molecule has 1 atom stereocenters. The van der Waals surface area contributed by atoms with Crippen LogP contribution < -0.4 is 0 Å². The molecular formula is C13H14N2O3S. The molecule has 3 rings (SSSR count). The third kappa shape index (κ3) is 2.28. The van der Waals surface area contributed by atoms with E-state index >= 15 is 0 Å². The summed E-state index contributed by atoms with van der Waals surface area (Å²) in [7, 11) is -2.95. The SMILES string of the molecule is O=Cc1ccn2c(C3CCCS(=O)(=O)C3)ncc2c1. The van der Waals surface area contributed by atoms with E-state index in [-0.39, 0.29) is 17.4 Å². The second kappa shape index (κ2) is 4.45. The Kier molecular flexibility index (Phi) is 2.89. The second-order valence-electron chi connectivity index (χ2n) is 4.94. The van der Waals surface area contributed by atoms with Gasteiger partial charge in [0.25, 0.3) is 0 Å². The van der Waals surface area contributed by atoms with Crippen molar-refractivity contribution in [3.63, 3.8) is 0 Å². The van der Waals surface area contributed by atoms with Gasteiger partial charge in [-0.2, -0.15) is 0 Å². The van der Waals surface area contributed by atoms with E-state index in [0.717, 1.165) is 24.0 Å². The van der Waals surface area contributed by atoms with Crippen molar-refractivity contribution in [3.05, 3.63) is 35.9 Å². The maximum atomic E-state index is 11.7. The highest BCUT2D eigenvalue weighted by molar-refractivity contribution is 7.91. The predicted molar refractivity (Wildman–Crippen MR) is 71.2 cm³/mol. The normalized spacial score (nSPS) is 22.4. The molecule has 6 heteroatoms. The number of aromatic nitrogens is 2. The molecule has 5 nitrogen and oxygen atoms in total. The number of nitrogens with zero attached hydrogens (tertiary/aromatic N) is 2. The summed E-state index contributed by atoms with van der Waals surface area (Å²) in [5, 5.41) is 0. The van der Waals surface area contributed by atoms with Gasteiger partial charge in [-0.3, -0.25) is 4.79 Å². The number of hydrogen-bond acceptors (Lipinski definition) is 4. The average molecular weight is 278 g/mol. The molecule has 3 heterocycles. The van der Waals surface area contributed by atoms with Crippen LogP contribution in [0.4, 0.5) is 0 Å². The highest BCUT2D eigenvalue weighted by Crippen LogP contribution is 2.28. The molecule has 1 saturated heterocycles. The Morgan fingerprint density at radius 3 is 3.00 bits per heavy atom. The number of aldehydes is 1. The molecule has 0 amide bonds. The second-order valence-corrected chi connectivity index (χ2v) is 7.17. The van der Waals surface area contributed by atoms with Gasteiger partial charge in [-0.15, -0.1) is 0 Å². The molecule has 1 fully saturated rings. The van der Waals surface area contributed by atoms with Gasteiger partial charge in [0, 0.05) is 17.7 Å². The first-order valence-electron chi connectivity index (χ1n) is 6.22. The number of imidazole rings is 1. The van der Waals surface area contributed by atoms with Crippen LogP contribution in [0.5, 0.6) is 0 Å². The fourth-order valence-electron chi connectivity index (χ4n) is 2.64. The molecule has 0 aliphatic carbocycles. The number of sulfone groups is 1. The summed E-state index contributed by atoms with van der Waals surface area (Å²) in [5.74, 6) is 1.17. The van der Waals surface area contributed by atoms with E-state index in [0.29, 0.717) is 12.0 Å². The summed E-state index contributed by atoms with van der Waals surface area (Å²) >= 11 is 0. The molecule has 0 saturated carbocycles. The molecule has 1 aliphatic heterocycles. The zero-order chi connectivity index (χ0) is 13.5. The molecule has 0 aromatic carbocycles. The molecule has 1 unspecified atom stereocenters. The van der Waals surface area contributed by atoms with E-state index in [1.54, 1.807) is 24.5 Å². The zero-order valence-electron chi connectivity index (χ0n) is 10.3. The highest BCUT2D eigenvalue weighted by atomic mass is 32.2. The molecule has 2 aromatic rings. The molecule has 2 aromatic heterocycles. The van der Waals surface area contributed by atoms with Crippen molar-refractivity contribution < 1.29 is 13.2 Å². The lowest BCUT2D eigenvalue weighted by molar-refractivity contribution is 0.112. The summed E-state index contributed by atoms with van der Waals surface area (Å²) in [6.45, 7) is 0. The molecule has 0 spiro atoms. The average Bonchev–Trinajstić information content (AvgIpc) is 2.80. The Balaban J connectivity index is 2.03. The lowest BCUT2D eigenvalue weighted by Crippen LogP contribution is -2.25. The fraction of sp³-hybridized carbons (Fsp3) is 0.385. The van der Waals surface area contributed by atoms with E-state index < -0.39 is 9.84 Å². The van der Waals surface area contributed by atoms with Crippen molar-refractivity contribution in [3.8, 4) is 0 Å². The van der Waals surface area contributed by atoms with E-state index in [1.807, 2.05) is 4.40 Å². The van der Waals surface area contributed by atoms with Gasteiger partial charge >= 0.3 is 0 Å². The van der Waals surface area contributed by atoms with E-state index in [4.69, 9.17) is 0 Å². The summed E-state index contributed by atoms with van der Waals surface area (Å²) in [6.07, 6.45) is 5.78. The van der Waals surface area contributed by atoms with E-state index in [1.165, 1.54) is 0 Å². The third-order valence-electron chi connectivity index (χ3n) is 3.55. The smallest absolute Gasteiger partial charge is 0.151 e. The van der Waals surface area contributed by atoms with Gasteiger partial charge < -0.3 is 4.40 Å². The fourth-order valence-corrected chi connectivity index (χ4v) is 4.34. The number of pyridine rings is 1. The van der Waals surface area contributed by atoms with Crippen LogP contribution in [0.3, 0.4) is 0 Å². The number of rotatable bonds is 2. The largest absolute Gasteiger partial charge is 0.303 e. The van der Waals surface area contributed by atoms with Gasteiger partial charge in [0.05, 0.1) is 23.2 Å². The van der Waals surface area contributed by atoms with Crippen LogP contribution in [0.1, 0.15) is 34.9 Å². The number of hydrogen-bond donors (Lipinski definition) is 0. The molecule has 1 aliphatic rings.